The molecule has 1 nitrogen and oxygen atoms in total. The Kier molecular flexibility index (Phi) is 6.74. The maximum Gasteiger partial charge on any atom is 0.0331 e. The lowest BCUT2D eigenvalue weighted by Gasteiger charge is -2.21. The van der Waals surface area contributed by atoms with E-state index in [0.29, 0.717) is 6.04 Å². The fraction of sp³-hybridized carbons (Fsp3) is 0.714. The molecule has 0 bridgehead atoms. The summed E-state index contributed by atoms with van der Waals surface area (Å²) in [6.45, 7) is 8.00. The fourth-order valence-electron chi connectivity index (χ4n) is 2.14. The molecule has 2 unspecified atom stereocenters. The van der Waals surface area contributed by atoms with Crippen LogP contribution in [0.3, 0.4) is 0 Å². The van der Waals surface area contributed by atoms with E-state index in [4.69, 9.17) is 0 Å². The summed E-state index contributed by atoms with van der Waals surface area (Å²) in [6.07, 6.45) is 5.12. The minimum atomic E-state index is 0.563. The number of nitrogens with one attached hydrogen (secondary N) is 1. The standard InChI is InChI=1S/C14H25NS/c1-4-6-12(3)10-14(15-8-5-2)13-7-9-16-11-13/h7,9,11-12,14-15H,4-6,8,10H2,1-3H3. The van der Waals surface area contributed by atoms with Crippen molar-refractivity contribution >= 4 is 11.3 Å². The van der Waals surface area contributed by atoms with Gasteiger partial charge >= 0.3 is 0 Å². The van der Waals surface area contributed by atoms with Crippen LogP contribution in [0.1, 0.15) is 58.1 Å². The van der Waals surface area contributed by atoms with Crippen LogP contribution in [0.5, 0.6) is 0 Å². The maximum absolute atomic E-state index is 3.67. The quantitative estimate of drug-likeness (QED) is 0.698. The van der Waals surface area contributed by atoms with Gasteiger partial charge in [0.25, 0.3) is 0 Å². The van der Waals surface area contributed by atoms with Gasteiger partial charge in [-0.15, -0.1) is 0 Å². The summed E-state index contributed by atoms with van der Waals surface area (Å²) in [5.41, 5.74) is 1.47. The molecule has 1 heterocycles. The highest BCUT2D eigenvalue weighted by molar-refractivity contribution is 7.07. The molecule has 2 heteroatoms. The minimum Gasteiger partial charge on any atom is -0.310 e. The molecule has 1 aromatic rings. The third-order valence-electron chi connectivity index (χ3n) is 3.01. The summed E-state index contributed by atoms with van der Waals surface area (Å²) >= 11 is 1.80. The largest absolute Gasteiger partial charge is 0.310 e. The monoisotopic (exact) mass is 239 g/mol. The highest BCUT2D eigenvalue weighted by atomic mass is 32.1. The number of hydrogen-bond donors (Lipinski definition) is 1. The molecular weight excluding hydrogens is 214 g/mol. The second kappa shape index (κ2) is 7.86. The highest BCUT2D eigenvalue weighted by Gasteiger charge is 2.14. The van der Waals surface area contributed by atoms with Gasteiger partial charge in [-0.1, -0.05) is 33.6 Å². The second-order valence-electron chi connectivity index (χ2n) is 4.69. The van der Waals surface area contributed by atoms with E-state index in [1.807, 2.05) is 0 Å². The molecule has 1 N–H and O–H groups in total. The lowest BCUT2D eigenvalue weighted by atomic mass is 9.94. The summed E-state index contributed by atoms with van der Waals surface area (Å²) in [4.78, 5) is 0. The molecule has 2 atom stereocenters. The Bertz CT molecular complexity index is 256. The molecule has 92 valence electrons. The second-order valence-corrected chi connectivity index (χ2v) is 5.47. The lowest BCUT2D eigenvalue weighted by Crippen LogP contribution is -2.23. The van der Waals surface area contributed by atoms with Crippen molar-refractivity contribution in [3.8, 4) is 0 Å². The molecule has 0 spiro atoms. The summed E-state index contributed by atoms with van der Waals surface area (Å²) in [7, 11) is 0. The Morgan fingerprint density at radius 3 is 2.69 bits per heavy atom. The summed E-state index contributed by atoms with van der Waals surface area (Å²) < 4.78 is 0. The van der Waals surface area contributed by atoms with E-state index in [0.717, 1.165) is 12.5 Å². The predicted octanol–water partition coefficient (Wildman–Crippen LogP) is 4.62. The minimum absolute atomic E-state index is 0.563. The van der Waals surface area contributed by atoms with Gasteiger partial charge in [-0.2, -0.15) is 11.3 Å². The average molecular weight is 239 g/mol. The van der Waals surface area contributed by atoms with Crippen molar-refractivity contribution in [2.24, 2.45) is 5.92 Å². The van der Waals surface area contributed by atoms with Crippen LogP contribution in [0.4, 0.5) is 0 Å². The van der Waals surface area contributed by atoms with Gasteiger partial charge in [0, 0.05) is 6.04 Å². The first-order chi connectivity index (χ1) is 7.77. The van der Waals surface area contributed by atoms with Crippen molar-refractivity contribution in [2.75, 3.05) is 6.54 Å². The molecule has 0 saturated heterocycles. The Labute approximate surface area is 104 Å². The Hall–Kier alpha value is -0.340. The SMILES string of the molecule is CCCNC(CC(C)CCC)c1ccsc1. The van der Waals surface area contributed by atoms with Gasteiger partial charge in [0.05, 0.1) is 0 Å². The highest BCUT2D eigenvalue weighted by Crippen LogP contribution is 2.25. The van der Waals surface area contributed by atoms with Gasteiger partial charge in [-0.3, -0.25) is 0 Å². The van der Waals surface area contributed by atoms with Crippen molar-refractivity contribution in [2.45, 2.75) is 52.5 Å². The van der Waals surface area contributed by atoms with Gasteiger partial charge in [-0.05, 0) is 47.7 Å². The van der Waals surface area contributed by atoms with E-state index < -0.39 is 0 Å². The third kappa shape index (κ3) is 4.67. The number of hydrogen-bond acceptors (Lipinski definition) is 2. The molecule has 0 aliphatic heterocycles. The van der Waals surface area contributed by atoms with Crippen molar-refractivity contribution in [3.63, 3.8) is 0 Å². The van der Waals surface area contributed by atoms with Crippen molar-refractivity contribution < 1.29 is 0 Å². The van der Waals surface area contributed by atoms with E-state index in [1.54, 1.807) is 11.3 Å². The van der Waals surface area contributed by atoms with Crippen LogP contribution in [0.25, 0.3) is 0 Å². The lowest BCUT2D eigenvalue weighted by molar-refractivity contribution is 0.391. The Morgan fingerprint density at radius 2 is 2.12 bits per heavy atom. The molecule has 16 heavy (non-hydrogen) atoms. The molecule has 0 aromatic carbocycles. The predicted molar refractivity (Wildman–Crippen MR) is 74.0 cm³/mol. The van der Waals surface area contributed by atoms with E-state index in [2.05, 4.69) is 42.9 Å². The molecular formula is C14H25NS. The molecule has 1 rings (SSSR count). The average Bonchev–Trinajstić information content (AvgIpc) is 2.77. The topological polar surface area (TPSA) is 12.0 Å². The summed E-state index contributed by atoms with van der Waals surface area (Å²) in [5.74, 6) is 0.819. The third-order valence-corrected chi connectivity index (χ3v) is 3.71. The summed E-state index contributed by atoms with van der Waals surface area (Å²) in [6, 6.07) is 2.82. The van der Waals surface area contributed by atoms with Crippen LogP contribution < -0.4 is 5.32 Å². The van der Waals surface area contributed by atoms with Gasteiger partial charge < -0.3 is 5.32 Å². The molecule has 0 aliphatic carbocycles. The zero-order chi connectivity index (χ0) is 11.8. The normalized spacial score (nSPS) is 14.9. The van der Waals surface area contributed by atoms with Gasteiger partial charge in [0.1, 0.15) is 0 Å². The first-order valence-corrected chi connectivity index (χ1v) is 7.47. The number of thiophene rings is 1. The molecule has 0 fully saturated rings. The fourth-order valence-corrected chi connectivity index (χ4v) is 2.86. The Balaban J connectivity index is 2.50. The maximum atomic E-state index is 3.67. The van der Waals surface area contributed by atoms with Crippen LogP contribution in [0.15, 0.2) is 16.8 Å². The smallest absolute Gasteiger partial charge is 0.0331 e. The Morgan fingerprint density at radius 1 is 1.31 bits per heavy atom. The molecule has 0 radical (unpaired) electrons. The van der Waals surface area contributed by atoms with Crippen LogP contribution in [0, 0.1) is 5.92 Å². The first kappa shape index (κ1) is 13.7. The molecule has 1 aromatic heterocycles. The molecule has 0 amide bonds. The van der Waals surface area contributed by atoms with Crippen molar-refractivity contribution in [1.29, 1.82) is 0 Å². The van der Waals surface area contributed by atoms with E-state index in [1.165, 1.54) is 31.2 Å². The first-order valence-electron chi connectivity index (χ1n) is 6.53. The van der Waals surface area contributed by atoms with Gasteiger partial charge in [0.15, 0.2) is 0 Å². The van der Waals surface area contributed by atoms with Crippen LogP contribution >= 0.6 is 11.3 Å². The van der Waals surface area contributed by atoms with E-state index >= 15 is 0 Å². The zero-order valence-electron chi connectivity index (χ0n) is 10.8. The van der Waals surface area contributed by atoms with E-state index in [-0.39, 0.29) is 0 Å². The number of rotatable bonds is 8. The van der Waals surface area contributed by atoms with Crippen molar-refractivity contribution in [1.82, 2.24) is 5.32 Å². The molecule has 0 saturated carbocycles. The van der Waals surface area contributed by atoms with E-state index in [9.17, 15) is 0 Å². The van der Waals surface area contributed by atoms with Crippen LogP contribution in [-0.4, -0.2) is 6.54 Å². The van der Waals surface area contributed by atoms with Crippen molar-refractivity contribution in [3.05, 3.63) is 22.4 Å². The van der Waals surface area contributed by atoms with Gasteiger partial charge in [-0.25, -0.2) is 0 Å². The van der Waals surface area contributed by atoms with Gasteiger partial charge in [0.2, 0.25) is 0 Å². The zero-order valence-corrected chi connectivity index (χ0v) is 11.6. The molecule has 0 aliphatic rings. The van der Waals surface area contributed by atoms with Crippen LogP contribution in [0.2, 0.25) is 0 Å². The van der Waals surface area contributed by atoms with Crippen LogP contribution in [-0.2, 0) is 0 Å². The summed E-state index contributed by atoms with van der Waals surface area (Å²) in [5, 5.41) is 8.13.